The molecule has 0 radical (unpaired) electrons. The lowest BCUT2D eigenvalue weighted by atomic mass is 9.95. The van der Waals surface area contributed by atoms with Crippen molar-refractivity contribution in [3.63, 3.8) is 0 Å². The quantitative estimate of drug-likeness (QED) is 0.159. The molecule has 11 heteroatoms. The van der Waals surface area contributed by atoms with E-state index in [1.807, 2.05) is 0 Å². The molecule has 5 aromatic rings. The van der Waals surface area contributed by atoms with E-state index in [2.05, 4.69) is 4.98 Å². The summed E-state index contributed by atoms with van der Waals surface area (Å²) in [4.78, 5) is 43.8. The first-order valence-electron chi connectivity index (χ1n) is 14.5. The zero-order valence-electron chi connectivity index (χ0n) is 26.0. The summed E-state index contributed by atoms with van der Waals surface area (Å²) < 4.78 is 41.3. The molecule has 0 aliphatic heterocycles. The number of aromatic carboxylic acids is 1. The zero-order chi connectivity index (χ0) is 34.0. The van der Waals surface area contributed by atoms with Crippen molar-refractivity contribution in [2.75, 3.05) is 20.0 Å². The molecule has 0 aliphatic carbocycles. The number of hydrogen-bond acceptors (Lipinski definition) is 7. The number of ether oxygens (including phenoxy) is 2. The highest BCUT2D eigenvalue weighted by atomic mass is 19.1. The lowest BCUT2D eigenvalue weighted by Gasteiger charge is -2.19. The van der Waals surface area contributed by atoms with Gasteiger partial charge in [0.25, 0.3) is 0 Å². The van der Waals surface area contributed by atoms with Crippen LogP contribution in [0.4, 0.5) is 14.6 Å². The molecule has 3 N–H and O–H groups in total. The molecule has 0 saturated carbocycles. The molecule has 0 unspecified atom stereocenters. The van der Waals surface area contributed by atoms with Gasteiger partial charge >= 0.3 is 5.97 Å². The fraction of sp³-hybridized carbons (Fsp3) is 0.167. The number of halogens is 2. The third-order valence-corrected chi connectivity index (χ3v) is 7.75. The van der Waals surface area contributed by atoms with E-state index in [0.29, 0.717) is 22.6 Å². The van der Waals surface area contributed by atoms with Gasteiger partial charge in [-0.2, -0.15) is 0 Å². The molecule has 0 saturated heterocycles. The number of pyridine rings is 2. The Morgan fingerprint density at radius 1 is 0.894 bits per heavy atom. The van der Waals surface area contributed by atoms with Gasteiger partial charge in [-0.1, -0.05) is 30.3 Å². The Labute approximate surface area is 268 Å². The Kier molecular flexibility index (Phi) is 9.18. The van der Waals surface area contributed by atoms with Gasteiger partial charge in [0.05, 0.1) is 25.3 Å². The Morgan fingerprint density at radius 3 is 2.19 bits per heavy atom. The number of benzene rings is 3. The van der Waals surface area contributed by atoms with Gasteiger partial charge in [0.2, 0.25) is 5.43 Å². The Hall–Kier alpha value is -5.84. The van der Waals surface area contributed by atoms with Crippen LogP contribution in [-0.2, 0) is 6.42 Å². The summed E-state index contributed by atoms with van der Waals surface area (Å²) in [5.74, 6) is -2.11. The van der Waals surface area contributed by atoms with Crippen LogP contribution in [0.1, 0.15) is 46.3 Å². The first-order valence-corrected chi connectivity index (χ1v) is 14.5. The van der Waals surface area contributed by atoms with Crippen LogP contribution < -0.4 is 20.6 Å². The van der Waals surface area contributed by atoms with Gasteiger partial charge in [-0.25, -0.2) is 18.6 Å². The van der Waals surface area contributed by atoms with Crippen LogP contribution in [0.25, 0.3) is 33.4 Å². The molecule has 0 amide bonds. The van der Waals surface area contributed by atoms with Gasteiger partial charge in [0.15, 0.2) is 17.3 Å². The number of ketones is 1. The summed E-state index contributed by atoms with van der Waals surface area (Å²) in [5.41, 5.74) is 6.78. The monoisotopic (exact) mass is 639 g/mol. The highest BCUT2D eigenvalue weighted by Gasteiger charge is 2.26. The average molecular weight is 640 g/mol. The standard InChI is InChI=1S/C36H31F2N3O6/c1-19(2)41-18-27(34(43)32(33(41)36(44)45)21-6-9-24(37)10-7-21)29(42)14-20-5-11-25(28(38)13-20)26-15-23(17-40-35(26)39)22-8-12-30(46-3)31(16-22)47-4/h5-13,15-19H,14H2,1-4H3,(H2,39,40)(H,44,45). The largest absolute Gasteiger partial charge is 0.493 e. The van der Waals surface area contributed by atoms with Crippen LogP contribution >= 0.6 is 0 Å². The smallest absolute Gasteiger partial charge is 0.353 e. The molecule has 0 aliphatic rings. The summed E-state index contributed by atoms with van der Waals surface area (Å²) in [7, 11) is 3.05. The molecular formula is C36H31F2N3O6. The maximum absolute atomic E-state index is 15.6. The molecule has 2 heterocycles. The number of nitrogens with zero attached hydrogens (tertiary/aromatic N) is 2. The molecule has 2 aromatic heterocycles. The van der Waals surface area contributed by atoms with Gasteiger partial charge in [-0.05, 0) is 66.9 Å². The van der Waals surface area contributed by atoms with E-state index in [0.717, 1.165) is 17.7 Å². The van der Waals surface area contributed by atoms with Crippen molar-refractivity contribution in [2.45, 2.75) is 26.3 Å². The number of anilines is 1. The van der Waals surface area contributed by atoms with E-state index in [4.69, 9.17) is 15.2 Å². The van der Waals surface area contributed by atoms with Gasteiger partial charge in [-0.3, -0.25) is 9.59 Å². The zero-order valence-corrected chi connectivity index (χ0v) is 26.0. The third-order valence-electron chi connectivity index (χ3n) is 7.75. The minimum absolute atomic E-state index is 0.0954. The fourth-order valence-corrected chi connectivity index (χ4v) is 5.37. The molecule has 3 aromatic carbocycles. The van der Waals surface area contributed by atoms with E-state index in [-0.39, 0.29) is 45.7 Å². The molecule has 0 bridgehead atoms. The normalized spacial score (nSPS) is 11.0. The average Bonchev–Trinajstić information content (AvgIpc) is 3.05. The lowest BCUT2D eigenvalue weighted by Crippen LogP contribution is -2.27. The van der Waals surface area contributed by atoms with Crippen LogP contribution in [0.2, 0.25) is 0 Å². The molecule has 0 atom stereocenters. The number of nitrogens with two attached hydrogens (primary N) is 1. The Morgan fingerprint density at radius 2 is 1.57 bits per heavy atom. The topological polar surface area (TPSA) is 134 Å². The third kappa shape index (κ3) is 6.46. The number of carboxylic acid groups (broad SMARTS) is 1. The predicted octanol–water partition coefficient (Wildman–Crippen LogP) is 6.83. The van der Waals surface area contributed by atoms with E-state index in [1.165, 1.54) is 49.2 Å². The Bertz CT molecular complexity index is 2070. The molecule has 240 valence electrons. The van der Waals surface area contributed by atoms with E-state index in [1.54, 1.807) is 50.4 Å². The number of carbonyl (C=O) groups excluding carboxylic acids is 1. The number of carbonyl (C=O) groups is 2. The van der Waals surface area contributed by atoms with Crippen molar-refractivity contribution in [2.24, 2.45) is 0 Å². The van der Waals surface area contributed by atoms with Crippen LogP contribution in [0.3, 0.4) is 0 Å². The summed E-state index contributed by atoms with van der Waals surface area (Å²) in [6, 6.07) is 15.5. The van der Waals surface area contributed by atoms with Crippen LogP contribution in [-0.4, -0.2) is 40.6 Å². The number of rotatable bonds is 10. The van der Waals surface area contributed by atoms with Gasteiger partial charge in [0, 0.05) is 41.5 Å². The van der Waals surface area contributed by atoms with Crippen molar-refractivity contribution in [1.82, 2.24) is 9.55 Å². The van der Waals surface area contributed by atoms with E-state index in [9.17, 15) is 23.9 Å². The lowest BCUT2D eigenvalue weighted by molar-refractivity contribution is 0.0682. The second-order valence-electron chi connectivity index (χ2n) is 11.0. The molecule has 47 heavy (non-hydrogen) atoms. The maximum atomic E-state index is 15.6. The van der Waals surface area contributed by atoms with E-state index >= 15 is 4.39 Å². The van der Waals surface area contributed by atoms with Crippen molar-refractivity contribution in [3.8, 4) is 44.9 Å². The number of aromatic nitrogens is 2. The van der Waals surface area contributed by atoms with Crippen LogP contribution in [0.15, 0.2) is 83.9 Å². The predicted molar refractivity (Wildman–Crippen MR) is 174 cm³/mol. The van der Waals surface area contributed by atoms with E-state index < -0.39 is 34.9 Å². The summed E-state index contributed by atoms with van der Waals surface area (Å²) in [5, 5.41) is 10.0. The number of nitrogen functional groups attached to an aromatic ring is 1. The van der Waals surface area contributed by atoms with Gasteiger partial charge < -0.3 is 24.9 Å². The maximum Gasteiger partial charge on any atom is 0.353 e. The van der Waals surface area contributed by atoms with Crippen molar-refractivity contribution >= 4 is 17.6 Å². The summed E-state index contributed by atoms with van der Waals surface area (Å²) in [6.45, 7) is 3.41. The summed E-state index contributed by atoms with van der Waals surface area (Å²) >= 11 is 0. The fourth-order valence-electron chi connectivity index (χ4n) is 5.37. The molecule has 9 nitrogen and oxygen atoms in total. The van der Waals surface area contributed by atoms with Crippen LogP contribution in [0.5, 0.6) is 11.5 Å². The second-order valence-corrected chi connectivity index (χ2v) is 11.0. The number of carboxylic acids is 1. The van der Waals surface area contributed by atoms with Crippen LogP contribution in [0, 0.1) is 11.6 Å². The molecule has 0 fully saturated rings. The van der Waals surface area contributed by atoms with Crippen molar-refractivity contribution in [1.29, 1.82) is 0 Å². The first-order chi connectivity index (χ1) is 22.4. The number of Topliss-reactive ketones (excluding diaryl/α,β-unsaturated/α-hetero) is 1. The van der Waals surface area contributed by atoms with Gasteiger partial charge in [-0.15, -0.1) is 0 Å². The number of methoxy groups -OCH3 is 2. The summed E-state index contributed by atoms with van der Waals surface area (Å²) in [6.07, 6.45) is 2.42. The highest BCUT2D eigenvalue weighted by molar-refractivity contribution is 6.01. The number of hydrogen-bond donors (Lipinski definition) is 2. The first kappa shape index (κ1) is 32.6. The molecule has 5 rings (SSSR count). The Balaban J connectivity index is 1.51. The minimum atomic E-state index is -1.38. The van der Waals surface area contributed by atoms with Gasteiger partial charge in [0.1, 0.15) is 23.1 Å². The molecule has 0 spiro atoms. The second kappa shape index (κ2) is 13.3. The van der Waals surface area contributed by atoms with Crippen molar-refractivity contribution in [3.05, 3.63) is 118 Å². The highest BCUT2D eigenvalue weighted by Crippen LogP contribution is 2.36. The minimum Gasteiger partial charge on any atom is -0.493 e. The SMILES string of the molecule is COc1ccc(-c2cnc(N)c(-c3ccc(CC(=O)c4cn(C(C)C)c(C(=O)O)c(-c5ccc(F)cc5)c4=O)cc3F)c2)cc1OC. The van der Waals surface area contributed by atoms with Crippen molar-refractivity contribution < 1.29 is 33.0 Å². The molecular weight excluding hydrogens is 608 g/mol.